The zero-order valence-corrected chi connectivity index (χ0v) is 11.4. The zero-order chi connectivity index (χ0) is 13.7. The first-order chi connectivity index (χ1) is 9.19. The molecule has 1 N–H and O–H groups in total. The summed E-state index contributed by atoms with van der Waals surface area (Å²) in [7, 11) is 0. The van der Waals surface area contributed by atoms with Crippen molar-refractivity contribution in [1.29, 1.82) is 5.26 Å². The van der Waals surface area contributed by atoms with Crippen LogP contribution in [0.4, 0.5) is 0 Å². The van der Waals surface area contributed by atoms with Crippen LogP contribution in [-0.4, -0.2) is 0 Å². The van der Waals surface area contributed by atoms with Gasteiger partial charge in [0.15, 0.2) is 0 Å². The standard InChI is InChI=1S/C17H18N2/c1-13-5-3-8-17(9-13)14(2)19-12-16-7-4-6-15(10-16)11-18/h3-10,14,19H,12H2,1-2H3. The lowest BCUT2D eigenvalue weighted by Gasteiger charge is -2.15. The highest BCUT2D eigenvalue weighted by atomic mass is 14.9. The highest BCUT2D eigenvalue weighted by molar-refractivity contribution is 5.33. The molecule has 2 aromatic rings. The first-order valence-electron chi connectivity index (χ1n) is 6.48. The molecule has 0 spiro atoms. The predicted molar refractivity (Wildman–Crippen MR) is 77.6 cm³/mol. The molecule has 0 aliphatic heterocycles. The van der Waals surface area contributed by atoms with Gasteiger partial charge >= 0.3 is 0 Å². The third kappa shape index (κ3) is 3.67. The largest absolute Gasteiger partial charge is 0.306 e. The van der Waals surface area contributed by atoms with E-state index in [-0.39, 0.29) is 0 Å². The molecule has 1 unspecified atom stereocenters. The Morgan fingerprint density at radius 1 is 1.16 bits per heavy atom. The summed E-state index contributed by atoms with van der Waals surface area (Å²) in [6.45, 7) is 5.03. The third-order valence-corrected chi connectivity index (χ3v) is 3.21. The van der Waals surface area contributed by atoms with Crippen molar-refractivity contribution >= 4 is 0 Å². The van der Waals surface area contributed by atoms with Crippen LogP contribution in [0.3, 0.4) is 0 Å². The van der Waals surface area contributed by atoms with Crippen molar-refractivity contribution in [1.82, 2.24) is 5.32 Å². The van der Waals surface area contributed by atoms with E-state index in [0.29, 0.717) is 11.6 Å². The smallest absolute Gasteiger partial charge is 0.0991 e. The molecule has 0 radical (unpaired) electrons. The van der Waals surface area contributed by atoms with E-state index in [0.717, 1.165) is 12.1 Å². The molecular weight excluding hydrogens is 232 g/mol. The van der Waals surface area contributed by atoms with Crippen LogP contribution in [0.2, 0.25) is 0 Å². The molecule has 0 saturated heterocycles. The van der Waals surface area contributed by atoms with Crippen LogP contribution in [-0.2, 0) is 6.54 Å². The van der Waals surface area contributed by atoms with Crippen molar-refractivity contribution in [2.24, 2.45) is 0 Å². The fourth-order valence-electron chi connectivity index (χ4n) is 2.08. The summed E-state index contributed by atoms with van der Waals surface area (Å²) >= 11 is 0. The lowest BCUT2D eigenvalue weighted by Crippen LogP contribution is -2.18. The van der Waals surface area contributed by atoms with E-state index in [4.69, 9.17) is 5.26 Å². The molecule has 0 bridgehead atoms. The third-order valence-electron chi connectivity index (χ3n) is 3.21. The number of benzene rings is 2. The summed E-state index contributed by atoms with van der Waals surface area (Å²) < 4.78 is 0. The van der Waals surface area contributed by atoms with Gasteiger partial charge in [0.1, 0.15) is 0 Å². The number of nitrogens with zero attached hydrogens (tertiary/aromatic N) is 1. The molecular formula is C17H18N2. The van der Waals surface area contributed by atoms with E-state index in [1.807, 2.05) is 24.3 Å². The molecule has 0 amide bonds. The Labute approximate surface area is 114 Å². The van der Waals surface area contributed by atoms with Crippen LogP contribution in [0, 0.1) is 18.3 Å². The average Bonchev–Trinajstić information content (AvgIpc) is 2.45. The Morgan fingerprint density at radius 3 is 2.68 bits per heavy atom. The summed E-state index contributed by atoms with van der Waals surface area (Å²) in [5, 5.41) is 12.4. The van der Waals surface area contributed by atoms with Crippen molar-refractivity contribution in [3.05, 3.63) is 70.8 Å². The van der Waals surface area contributed by atoms with E-state index < -0.39 is 0 Å². The molecule has 96 valence electrons. The number of rotatable bonds is 4. The first kappa shape index (κ1) is 13.3. The molecule has 0 fully saturated rings. The maximum Gasteiger partial charge on any atom is 0.0991 e. The Kier molecular flexibility index (Phi) is 4.33. The lowest BCUT2D eigenvalue weighted by molar-refractivity contribution is 0.574. The highest BCUT2D eigenvalue weighted by Gasteiger charge is 2.05. The normalized spacial score (nSPS) is 11.8. The first-order valence-corrected chi connectivity index (χ1v) is 6.48. The van der Waals surface area contributed by atoms with Crippen LogP contribution in [0.15, 0.2) is 48.5 Å². The van der Waals surface area contributed by atoms with Gasteiger partial charge in [-0.1, -0.05) is 42.0 Å². The topological polar surface area (TPSA) is 35.8 Å². The van der Waals surface area contributed by atoms with Gasteiger partial charge in [0.05, 0.1) is 11.6 Å². The summed E-state index contributed by atoms with van der Waals surface area (Å²) in [4.78, 5) is 0. The van der Waals surface area contributed by atoms with Crippen molar-refractivity contribution in [3.8, 4) is 6.07 Å². The molecule has 2 nitrogen and oxygen atoms in total. The van der Waals surface area contributed by atoms with Gasteiger partial charge in [-0.05, 0) is 37.1 Å². The van der Waals surface area contributed by atoms with E-state index in [1.165, 1.54) is 11.1 Å². The number of nitrogens with one attached hydrogen (secondary N) is 1. The molecule has 0 heterocycles. The van der Waals surface area contributed by atoms with Gasteiger partial charge < -0.3 is 5.32 Å². The highest BCUT2D eigenvalue weighted by Crippen LogP contribution is 2.14. The van der Waals surface area contributed by atoms with Crippen LogP contribution < -0.4 is 5.32 Å². The predicted octanol–water partition coefficient (Wildman–Crippen LogP) is 3.72. The van der Waals surface area contributed by atoms with Crippen LogP contribution in [0.1, 0.15) is 35.2 Å². The number of hydrogen-bond acceptors (Lipinski definition) is 2. The Morgan fingerprint density at radius 2 is 1.95 bits per heavy atom. The van der Waals surface area contributed by atoms with E-state index in [2.05, 4.69) is 49.5 Å². The molecule has 0 aromatic heterocycles. The fraction of sp³-hybridized carbons (Fsp3) is 0.235. The van der Waals surface area contributed by atoms with Crippen LogP contribution >= 0.6 is 0 Å². The summed E-state index contributed by atoms with van der Waals surface area (Å²) in [5.74, 6) is 0. The van der Waals surface area contributed by atoms with Crippen LogP contribution in [0.5, 0.6) is 0 Å². The summed E-state index contributed by atoms with van der Waals surface area (Å²) in [6.07, 6.45) is 0. The van der Waals surface area contributed by atoms with E-state index >= 15 is 0 Å². The zero-order valence-electron chi connectivity index (χ0n) is 11.4. The second kappa shape index (κ2) is 6.17. The van der Waals surface area contributed by atoms with Gasteiger partial charge in [-0.3, -0.25) is 0 Å². The molecule has 0 aliphatic rings. The SMILES string of the molecule is Cc1cccc(C(C)NCc2cccc(C#N)c2)c1. The molecule has 0 saturated carbocycles. The fourth-order valence-corrected chi connectivity index (χ4v) is 2.08. The van der Waals surface area contributed by atoms with Gasteiger partial charge in [0.2, 0.25) is 0 Å². The molecule has 2 rings (SSSR count). The minimum Gasteiger partial charge on any atom is -0.306 e. The Hall–Kier alpha value is -2.11. The van der Waals surface area contributed by atoms with Gasteiger partial charge in [0.25, 0.3) is 0 Å². The Bertz CT molecular complexity index is 596. The van der Waals surface area contributed by atoms with Gasteiger partial charge in [0, 0.05) is 12.6 Å². The van der Waals surface area contributed by atoms with Gasteiger partial charge in [-0.25, -0.2) is 0 Å². The molecule has 19 heavy (non-hydrogen) atoms. The van der Waals surface area contributed by atoms with Crippen molar-refractivity contribution in [2.75, 3.05) is 0 Å². The molecule has 2 heteroatoms. The molecule has 1 atom stereocenters. The van der Waals surface area contributed by atoms with Gasteiger partial charge in [-0.2, -0.15) is 5.26 Å². The number of nitriles is 1. The molecule has 0 aliphatic carbocycles. The monoisotopic (exact) mass is 250 g/mol. The van der Waals surface area contributed by atoms with E-state index in [9.17, 15) is 0 Å². The number of hydrogen-bond donors (Lipinski definition) is 1. The Balaban J connectivity index is 2.00. The quantitative estimate of drug-likeness (QED) is 0.897. The minimum absolute atomic E-state index is 0.297. The van der Waals surface area contributed by atoms with E-state index in [1.54, 1.807) is 0 Å². The molecule has 2 aromatic carbocycles. The van der Waals surface area contributed by atoms with Crippen molar-refractivity contribution in [2.45, 2.75) is 26.4 Å². The lowest BCUT2D eigenvalue weighted by atomic mass is 10.1. The maximum atomic E-state index is 8.88. The van der Waals surface area contributed by atoms with Crippen LogP contribution in [0.25, 0.3) is 0 Å². The maximum absolute atomic E-state index is 8.88. The second-order valence-electron chi connectivity index (χ2n) is 4.83. The van der Waals surface area contributed by atoms with Gasteiger partial charge in [-0.15, -0.1) is 0 Å². The number of aryl methyl sites for hydroxylation is 1. The summed E-state index contributed by atoms with van der Waals surface area (Å²) in [5.41, 5.74) is 4.41. The summed E-state index contributed by atoms with van der Waals surface area (Å²) in [6, 6.07) is 18.7. The van der Waals surface area contributed by atoms with Crippen molar-refractivity contribution < 1.29 is 0 Å². The van der Waals surface area contributed by atoms with Crippen molar-refractivity contribution in [3.63, 3.8) is 0 Å². The average molecular weight is 250 g/mol. The second-order valence-corrected chi connectivity index (χ2v) is 4.83. The minimum atomic E-state index is 0.297.